The summed E-state index contributed by atoms with van der Waals surface area (Å²) in [6.07, 6.45) is 0.598. The summed E-state index contributed by atoms with van der Waals surface area (Å²) >= 11 is 3.37. The quantitative estimate of drug-likeness (QED) is 0.780. The van der Waals surface area contributed by atoms with E-state index in [0.717, 1.165) is 24.0 Å². The molecule has 1 unspecified atom stereocenters. The second kappa shape index (κ2) is 6.39. The topological polar surface area (TPSA) is 32.8 Å². The molecule has 0 radical (unpaired) electrons. The van der Waals surface area contributed by atoms with E-state index in [9.17, 15) is 4.79 Å². The van der Waals surface area contributed by atoms with E-state index in [1.54, 1.807) is 4.90 Å². The number of alkyl halides is 1. The van der Waals surface area contributed by atoms with Gasteiger partial charge in [-0.15, -0.1) is 0 Å². The van der Waals surface area contributed by atoms with E-state index >= 15 is 0 Å². The first kappa shape index (κ1) is 14.3. The highest BCUT2D eigenvalue weighted by Gasteiger charge is 2.31. The Hall–Kier alpha value is -1.07. The zero-order valence-corrected chi connectivity index (χ0v) is 12.9. The maximum absolute atomic E-state index is 11.8. The van der Waals surface area contributed by atoms with E-state index in [2.05, 4.69) is 33.0 Å². The van der Waals surface area contributed by atoms with E-state index in [-0.39, 0.29) is 12.2 Å². The number of hydrogen-bond acceptors (Lipinski definition) is 3. The number of cyclic esters (lactones) is 1. The Balaban J connectivity index is 2.04. The average molecular weight is 327 g/mol. The van der Waals surface area contributed by atoms with E-state index in [1.165, 1.54) is 5.56 Å². The summed E-state index contributed by atoms with van der Waals surface area (Å²) in [5.41, 5.74) is 2.14. The molecule has 0 bridgehead atoms. The van der Waals surface area contributed by atoms with Gasteiger partial charge in [-0.05, 0) is 38.2 Å². The molecule has 2 rings (SSSR count). The summed E-state index contributed by atoms with van der Waals surface area (Å²) in [4.78, 5) is 15.6. The Kier molecular flexibility index (Phi) is 4.82. The Morgan fingerprint density at radius 1 is 1.37 bits per heavy atom. The fourth-order valence-electron chi connectivity index (χ4n) is 2.15. The molecule has 1 aromatic rings. The highest BCUT2D eigenvalue weighted by Crippen LogP contribution is 2.23. The lowest BCUT2D eigenvalue weighted by Gasteiger charge is -2.14. The van der Waals surface area contributed by atoms with Crippen molar-refractivity contribution in [2.24, 2.45) is 0 Å². The molecule has 1 saturated heterocycles. The van der Waals surface area contributed by atoms with Gasteiger partial charge in [-0.2, -0.15) is 0 Å². The molecule has 0 aromatic heterocycles. The number of halogens is 1. The van der Waals surface area contributed by atoms with Crippen LogP contribution >= 0.6 is 15.9 Å². The van der Waals surface area contributed by atoms with Crippen molar-refractivity contribution in [3.63, 3.8) is 0 Å². The molecular weight excluding hydrogens is 308 g/mol. The fraction of sp³-hybridized carbons (Fsp3) is 0.500. The zero-order valence-electron chi connectivity index (χ0n) is 11.3. The largest absolute Gasteiger partial charge is 0.444 e. The summed E-state index contributed by atoms with van der Waals surface area (Å²) in [7, 11) is 4.08. The molecule has 0 spiro atoms. The number of benzene rings is 1. The van der Waals surface area contributed by atoms with Gasteiger partial charge < -0.3 is 9.64 Å². The summed E-state index contributed by atoms with van der Waals surface area (Å²) in [5, 5.41) is 0.848. The molecule has 1 aliphatic heterocycles. The Bertz CT molecular complexity index is 434. The molecule has 1 fully saturated rings. The van der Waals surface area contributed by atoms with Gasteiger partial charge >= 0.3 is 6.09 Å². The van der Waals surface area contributed by atoms with Crippen LogP contribution in [-0.2, 0) is 11.3 Å². The molecule has 1 aromatic carbocycles. The second-order valence-corrected chi connectivity index (χ2v) is 5.79. The number of rotatable bonds is 5. The number of carbonyl (C=O) groups is 1. The maximum Gasteiger partial charge on any atom is 0.414 e. The third kappa shape index (κ3) is 3.70. The van der Waals surface area contributed by atoms with Crippen LogP contribution in [0.3, 0.4) is 0 Å². The highest BCUT2D eigenvalue weighted by molar-refractivity contribution is 9.09. The van der Waals surface area contributed by atoms with Crippen molar-refractivity contribution in [1.29, 1.82) is 0 Å². The number of hydrogen-bond donors (Lipinski definition) is 0. The van der Waals surface area contributed by atoms with Crippen LogP contribution < -0.4 is 4.90 Å². The highest BCUT2D eigenvalue weighted by atomic mass is 79.9. The molecule has 1 heterocycles. The van der Waals surface area contributed by atoms with Gasteiger partial charge in [0.25, 0.3) is 0 Å². The zero-order chi connectivity index (χ0) is 13.8. The normalized spacial score (nSPS) is 19.1. The number of nitrogens with zero attached hydrogens (tertiary/aromatic N) is 2. The maximum atomic E-state index is 11.8. The predicted molar refractivity (Wildman–Crippen MR) is 79.9 cm³/mol. The van der Waals surface area contributed by atoms with Crippen LogP contribution in [0.5, 0.6) is 0 Å². The molecule has 1 atom stereocenters. The third-order valence-corrected chi connectivity index (χ3v) is 3.51. The summed E-state index contributed by atoms with van der Waals surface area (Å²) in [6.45, 7) is 1.54. The van der Waals surface area contributed by atoms with Gasteiger partial charge in [-0.3, -0.25) is 4.90 Å². The van der Waals surface area contributed by atoms with E-state index in [0.29, 0.717) is 6.54 Å². The van der Waals surface area contributed by atoms with Crippen molar-refractivity contribution < 1.29 is 9.53 Å². The molecule has 0 N–H and O–H groups in total. The summed E-state index contributed by atoms with van der Waals surface area (Å²) in [5.74, 6) is 0. The smallest absolute Gasteiger partial charge is 0.414 e. The van der Waals surface area contributed by atoms with Gasteiger partial charge in [0.15, 0.2) is 0 Å². The van der Waals surface area contributed by atoms with Crippen molar-refractivity contribution in [1.82, 2.24) is 4.90 Å². The first-order valence-electron chi connectivity index (χ1n) is 6.38. The van der Waals surface area contributed by atoms with Crippen LogP contribution in [0, 0.1) is 0 Å². The molecule has 1 amide bonds. The first-order chi connectivity index (χ1) is 9.10. The van der Waals surface area contributed by atoms with Crippen LogP contribution in [0.4, 0.5) is 10.5 Å². The Morgan fingerprint density at radius 3 is 2.63 bits per heavy atom. The van der Waals surface area contributed by atoms with Gasteiger partial charge in [-0.25, -0.2) is 4.79 Å². The number of ether oxygens (including phenoxy) is 1. The van der Waals surface area contributed by atoms with Crippen molar-refractivity contribution in [2.75, 3.05) is 30.9 Å². The van der Waals surface area contributed by atoms with Crippen molar-refractivity contribution >= 4 is 27.7 Å². The average Bonchev–Trinajstić information content (AvgIpc) is 2.71. The van der Waals surface area contributed by atoms with E-state index in [4.69, 9.17) is 4.74 Å². The monoisotopic (exact) mass is 326 g/mol. The minimum Gasteiger partial charge on any atom is -0.444 e. The molecule has 0 saturated carbocycles. The van der Waals surface area contributed by atoms with Gasteiger partial charge in [0.1, 0.15) is 6.10 Å². The van der Waals surface area contributed by atoms with E-state index < -0.39 is 0 Å². The van der Waals surface area contributed by atoms with Gasteiger partial charge in [0, 0.05) is 17.6 Å². The molecule has 0 aliphatic carbocycles. The molecule has 19 heavy (non-hydrogen) atoms. The lowest BCUT2D eigenvalue weighted by Crippen LogP contribution is -2.24. The minimum atomic E-state index is -0.244. The molecule has 5 heteroatoms. The molecule has 104 valence electrons. The van der Waals surface area contributed by atoms with E-state index in [1.807, 2.05) is 26.2 Å². The van der Waals surface area contributed by atoms with Crippen LogP contribution in [0.2, 0.25) is 0 Å². The molecular formula is C14H19BrN2O2. The van der Waals surface area contributed by atoms with Crippen molar-refractivity contribution in [2.45, 2.75) is 19.1 Å². The number of amides is 1. The standard InChI is InChI=1S/C14H19BrN2O2/c1-16(2)9-11-3-5-12(6-4-11)17-10-13(7-8-15)19-14(17)18/h3-6,13H,7-10H2,1-2H3. The number of anilines is 1. The molecule has 4 nitrogen and oxygen atoms in total. The summed E-state index contributed by atoms with van der Waals surface area (Å²) in [6, 6.07) is 8.08. The van der Waals surface area contributed by atoms with Crippen LogP contribution in [0.1, 0.15) is 12.0 Å². The Morgan fingerprint density at radius 2 is 2.05 bits per heavy atom. The lowest BCUT2D eigenvalue weighted by molar-refractivity contribution is 0.140. The van der Waals surface area contributed by atoms with Crippen LogP contribution in [-0.4, -0.2) is 43.1 Å². The van der Waals surface area contributed by atoms with Gasteiger partial charge in [0.05, 0.1) is 6.54 Å². The SMILES string of the molecule is CN(C)Cc1ccc(N2CC(CCBr)OC2=O)cc1. The van der Waals surface area contributed by atoms with Crippen molar-refractivity contribution in [3.05, 3.63) is 29.8 Å². The number of carbonyl (C=O) groups excluding carboxylic acids is 1. The molecule has 1 aliphatic rings. The fourth-order valence-corrected chi connectivity index (χ4v) is 2.66. The summed E-state index contributed by atoms with van der Waals surface area (Å²) < 4.78 is 5.31. The Labute approximate surface area is 122 Å². The first-order valence-corrected chi connectivity index (χ1v) is 7.50. The van der Waals surface area contributed by atoms with Crippen LogP contribution in [0.25, 0.3) is 0 Å². The van der Waals surface area contributed by atoms with Gasteiger partial charge in [0.2, 0.25) is 0 Å². The lowest BCUT2D eigenvalue weighted by atomic mass is 10.2. The van der Waals surface area contributed by atoms with Crippen molar-refractivity contribution in [3.8, 4) is 0 Å². The van der Waals surface area contributed by atoms with Gasteiger partial charge in [-0.1, -0.05) is 28.1 Å². The van der Waals surface area contributed by atoms with Crippen LogP contribution in [0.15, 0.2) is 24.3 Å². The third-order valence-electron chi connectivity index (χ3n) is 3.05. The minimum absolute atomic E-state index is 0.00618. The predicted octanol–water partition coefficient (Wildman–Crippen LogP) is 2.86. The second-order valence-electron chi connectivity index (χ2n) is 5.00.